The Morgan fingerprint density at radius 2 is 1.96 bits per heavy atom. The average molecular weight is 371 g/mol. The fourth-order valence-corrected chi connectivity index (χ4v) is 3.09. The number of thioether (sulfide) groups is 1. The summed E-state index contributed by atoms with van der Waals surface area (Å²) in [5.74, 6) is 0.516. The maximum atomic E-state index is 12.2. The molecule has 0 spiro atoms. The Bertz CT molecular complexity index is 860. The molecule has 0 unspecified atom stereocenters. The first kappa shape index (κ1) is 17.3. The molecule has 3 rings (SSSR count). The van der Waals surface area contributed by atoms with Gasteiger partial charge in [-0.2, -0.15) is 0 Å². The van der Waals surface area contributed by atoms with Crippen molar-refractivity contribution in [2.75, 3.05) is 6.61 Å². The number of hydrogen-bond acceptors (Lipinski definition) is 4. The Labute approximate surface area is 155 Å². The molecule has 0 radical (unpaired) electrons. The molecule has 0 atom stereocenters. The molecule has 2 aromatic carbocycles. The number of rotatable bonds is 5. The minimum Gasteiger partial charge on any atom is -0.489 e. The maximum Gasteiger partial charge on any atom is 0.264 e. The topological polar surface area (TPSA) is 50.7 Å². The van der Waals surface area contributed by atoms with Crippen LogP contribution in [0.3, 0.4) is 0 Å². The van der Waals surface area contributed by atoms with E-state index >= 15 is 0 Å². The molecule has 1 aliphatic rings. The fourth-order valence-electron chi connectivity index (χ4n) is 2.13. The minimum atomic E-state index is -0.184. The second-order valence-corrected chi connectivity index (χ2v) is 6.56. The van der Waals surface area contributed by atoms with E-state index in [0.29, 0.717) is 27.5 Å². The number of para-hydroxylation sites is 1. The predicted molar refractivity (Wildman–Crippen MR) is 104 cm³/mol. The lowest BCUT2D eigenvalue weighted by molar-refractivity contribution is -0.115. The van der Waals surface area contributed by atoms with Gasteiger partial charge in [0.1, 0.15) is 12.4 Å². The summed E-state index contributed by atoms with van der Waals surface area (Å²) in [6.45, 7) is 4.05. The largest absolute Gasteiger partial charge is 0.489 e. The highest BCUT2D eigenvalue weighted by molar-refractivity contribution is 8.18. The maximum absolute atomic E-state index is 12.2. The molecule has 0 aromatic heterocycles. The number of carbonyl (C=O) groups excluding carboxylic acids is 1. The summed E-state index contributed by atoms with van der Waals surface area (Å²) in [5, 5.41) is 3.94. The summed E-state index contributed by atoms with van der Waals surface area (Å²) in [7, 11) is 0. The SMILES string of the molecule is C=CCOc1ccccc1C=C1SC(=Nc2ccc(Cl)cc2)NC1=O. The number of ether oxygens (including phenoxy) is 1. The molecule has 4 nitrogen and oxygen atoms in total. The predicted octanol–water partition coefficient (Wildman–Crippen LogP) is 4.80. The number of benzene rings is 2. The second-order valence-electron chi connectivity index (χ2n) is 5.10. The van der Waals surface area contributed by atoms with Gasteiger partial charge in [-0.3, -0.25) is 4.79 Å². The highest BCUT2D eigenvalue weighted by Crippen LogP contribution is 2.30. The van der Waals surface area contributed by atoms with Crippen molar-refractivity contribution in [3.8, 4) is 5.75 Å². The van der Waals surface area contributed by atoms with Gasteiger partial charge >= 0.3 is 0 Å². The van der Waals surface area contributed by atoms with E-state index in [-0.39, 0.29) is 5.91 Å². The molecule has 126 valence electrons. The Morgan fingerprint density at radius 1 is 1.20 bits per heavy atom. The zero-order chi connectivity index (χ0) is 17.6. The third kappa shape index (κ3) is 4.53. The van der Waals surface area contributed by atoms with Crippen LogP contribution in [-0.4, -0.2) is 17.7 Å². The minimum absolute atomic E-state index is 0.184. The van der Waals surface area contributed by atoms with Crippen molar-refractivity contribution in [1.29, 1.82) is 0 Å². The Hall–Kier alpha value is -2.50. The van der Waals surface area contributed by atoms with Crippen molar-refractivity contribution in [3.63, 3.8) is 0 Å². The molecule has 1 amide bonds. The number of nitrogens with one attached hydrogen (secondary N) is 1. The van der Waals surface area contributed by atoms with Gasteiger partial charge in [0, 0.05) is 10.6 Å². The van der Waals surface area contributed by atoms with Gasteiger partial charge in [0.15, 0.2) is 5.17 Å². The van der Waals surface area contributed by atoms with E-state index in [0.717, 1.165) is 11.3 Å². The van der Waals surface area contributed by atoms with Crippen LogP contribution in [0.25, 0.3) is 6.08 Å². The van der Waals surface area contributed by atoms with Gasteiger partial charge in [-0.15, -0.1) is 0 Å². The third-order valence-corrected chi connectivity index (χ3v) is 4.43. The van der Waals surface area contributed by atoms with Crippen molar-refractivity contribution in [1.82, 2.24) is 5.32 Å². The lowest BCUT2D eigenvalue weighted by atomic mass is 10.2. The van der Waals surface area contributed by atoms with Crippen molar-refractivity contribution >= 4 is 46.2 Å². The molecule has 1 aliphatic heterocycles. The quantitative estimate of drug-likeness (QED) is 0.607. The van der Waals surface area contributed by atoms with Gasteiger partial charge in [-0.05, 0) is 48.2 Å². The summed E-state index contributed by atoms with van der Waals surface area (Å²) in [6.07, 6.45) is 3.47. The molecule has 0 bridgehead atoms. The third-order valence-electron chi connectivity index (χ3n) is 3.27. The zero-order valence-corrected chi connectivity index (χ0v) is 14.8. The van der Waals surface area contributed by atoms with Crippen LogP contribution in [0.15, 0.2) is 71.1 Å². The van der Waals surface area contributed by atoms with E-state index in [1.807, 2.05) is 24.3 Å². The van der Waals surface area contributed by atoms with Crippen LogP contribution in [-0.2, 0) is 4.79 Å². The van der Waals surface area contributed by atoms with Crippen LogP contribution < -0.4 is 10.1 Å². The highest BCUT2D eigenvalue weighted by atomic mass is 35.5. The fraction of sp³-hybridized carbons (Fsp3) is 0.0526. The van der Waals surface area contributed by atoms with E-state index in [2.05, 4.69) is 16.9 Å². The number of amidine groups is 1. The van der Waals surface area contributed by atoms with Crippen molar-refractivity contribution in [2.45, 2.75) is 0 Å². The van der Waals surface area contributed by atoms with Crippen LogP contribution in [0.2, 0.25) is 5.02 Å². The number of hydrogen-bond donors (Lipinski definition) is 1. The van der Waals surface area contributed by atoms with E-state index in [4.69, 9.17) is 16.3 Å². The van der Waals surface area contributed by atoms with Crippen LogP contribution in [0.4, 0.5) is 5.69 Å². The summed E-state index contributed by atoms with van der Waals surface area (Å²) >= 11 is 7.15. The van der Waals surface area contributed by atoms with Gasteiger partial charge in [0.2, 0.25) is 0 Å². The number of amides is 1. The summed E-state index contributed by atoms with van der Waals surface area (Å²) in [6, 6.07) is 14.6. The van der Waals surface area contributed by atoms with E-state index < -0.39 is 0 Å². The van der Waals surface area contributed by atoms with Crippen molar-refractivity contribution in [2.24, 2.45) is 4.99 Å². The molecule has 25 heavy (non-hydrogen) atoms. The van der Waals surface area contributed by atoms with Crippen molar-refractivity contribution < 1.29 is 9.53 Å². The van der Waals surface area contributed by atoms with E-state index in [1.165, 1.54) is 11.8 Å². The molecule has 1 N–H and O–H groups in total. The summed E-state index contributed by atoms with van der Waals surface area (Å²) in [5.41, 5.74) is 1.55. The van der Waals surface area contributed by atoms with Gasteiger partial charge in [-0.25, -0.2) is 4.99 Å². The first-order valence-corrected chi connectivity index (χ1v) is 8.73. The molecule has 1 saturated heterocycles. The lowest BCUT2D eigenvalue weighted by Crippen LogP contribution is -2.19. The molecule has 0 saturated carbocycles. The Morgan fingerprint density at radius 3 is 2.72 bits per heavy atom. The van der Waals surface area contributed by atoms with Gasteiger partial charge < -0.3 is 10.1 Å². The molecule has 1 heterocycles. The first-order chi connectivity index (χ1) is 12.2. The Kier molecular flexibility index (Phi) is 5.58. The molecular weight excluding hydrogens is 356 g/mol. The summed E-state index contributed by atoms with van der Waals surface area (Å²) < 4.78 is 5.62. The van der Waals surface area contributed by atoms with Gasteiger partial charge in [0.25, 0.3) is 5.91 Å². The molecule has 0 aliphatic carbocycles. The molecule has 1 fully saturated rings. The zero-order valence-electron chi connectivity index (χ0n) is 13.2. The van der Waals surface area contributed by atoms with Crippen LogP contribution in [0.1, 0.15) is 5.56 Å². The normalized spacial score (nSPS) is 16.9. The van der Waals surface area contributed by atoms with Gasteiger partial charge in [0.05, 0.1) is 10.6 Å². The second kappa shape index (κ2) is 8.05. The lowest BCUT2D eigenvalue weighted by Gasteiger charge is -2.06. The molecule has 6 heteroatoms. The van der Waals surface area contributed by atoms with Crippen molar-refractivity contribution in [3.05, 3.63) is 76.7 Å². The van der Waals surface area contributed by atoms with Crippen LogP contribution in [0.5, 0.6) is 5.75 Å². The molecular formula is C19H15ClN2O2S. The van der Waals surface area contributed by atoms with E-state index in [1.54, 1.807) is 36.4 Å². The smallest absolute Gasteiger partial charge is 0.264 e. The number of halogens is 1. The molecule has 2 aromatic rings. The number of aliphatic imine (C=N–C) groups is 1. The average Bonchev–Trinajstić information content (AvgIpc) is 2.95. The summed E-state index contributed by atoms with van der Waals surface area (Å²) in [4.78, 5) is 17.2. The highest BCUT2D eigenvalue weighted by Gasteiger charge is 2.24. The first-order valence-electron chi connectivity index (χ1n) is 7.53. The van der Waals surface area contributed by atoms with Crippen LogP contribution in [0, 0.1) is 0 Å². The number of carbonyl (C=O) groups is 1. The van der Waals surface area contributed by atoms with Gasteiger partial charge in [-0.1, -0.05) is 42.5 Å². The Balaban J connectivity index is 1.82. The monoisotopic (exact) mass is 370 g/mol. The van der Waals surface area contributed by atoms with E-state index in [9.17, 15) is 4.79 Å². The number of nitrogens with zero attached hydrogens (tertiary/aromatic N) is 1. The van der Waals surface area contributed by atoms with Crippen LogP contribution >= 0.6 is 23.4 Å². The standard InChI is InChI=1S/C19H15ClN2O2S/c1-2-11-24-16-6-4-3-5-13(16)12-17-18(23)22-19(25-17)21-15-9-7-14(20)8-10-15/h2-10,12H,1,11H2,(H,21,22,23).